The number of nitrogens with zero attached hydrogens (tertiary/aromatic N) is 1. The third kappa shape index (κ3) is 3.77. The molecule has 1 aromatic rings. The van der Waals surface area contributed by atoms with Crippen molar-refractivity contribution in [2.45, 2.75) is 25.7 Å². The maximum atomic E-state index is 11.8. The van der Waals surface area contributed by atoms with E-state index in [1.807, 2.05) is 0 Å². The molecule has 0 bridgehead atoms. The number of nitro groups is 1. The predicted molar refractivity (Wildman–Crippen MR) is 73.2 cm³/mol. The maximum absolute atomic E-state index is 11.8. The minimum absolute atomic E-state index is 0.00533. The molecule has 20 heavy (non-hydrogen) atoms. The fourth-order valence-corrected chi connectivity index (χ4v) is 2.24. The van der Waals surface area contributed by atoms with Crippen LogP contribution in [0.15, 0.2) is 24.3 Å². The number of benzene rings is 1. The molecule has 0 unspecified atom stereocenters. The number of amides is 1. The summed E-state index contributed by atoms with van der Waals surface area (Å²) < 4.78 is 0. The van der Waals surface area contributed by atoms with Gasteiger partial charge in [-0.05, 0) is 30.2 Å². The number of carbonyl (C=O) groups excluding carboxylic acids is 1. The monoisotopic (exact) mass is 278 g/mol. The van der Waals surface area contributed by atoms with Crippen LogP contribution in [0.4, 0.5) is 5.69 Å². The fourth-order valence-electron chi connectivity index (χ4n) is 2.24. The highest BCUT2D eigenvalue weighted by Crippen LogP contribution is 2.47. The van der Waals surface area contributed by atoms with E-state index < -0.39 is 4.92 Å². The van der Waals surface area contributed by atoms with Gasteiger partial charge in [0.1, 0.15) is 0 Å². The molecule has 0 spiro atoms. The number of non-ortho nitro benzene ring substituents is 1. The molecule has 1 aromatic carbocycles. The molecule has 6 nitrogen and oxygen atoms in total. The van der Waals surface area contributed by atoms with E-state index in [2.05, 4.69) is 5.32 Å². The lowest BCUT2D eigenvalue weighted by Crippen LogP contribution is -2.31. The van der Waals surface area contributed by atoms with E-state index in [1.165, 1.54) is 12.1 Å². The summed E-state index contributed by atoms with van der Waals surface area (Å²) in [6.07, 6.45) is 2.91. The van der Waals surface area contributed by atoms with Crippen LogP contribution in [0.1, 0.15) is 24.8 Å². The van der Waals surface area contributed by atoms with E-state index in [4.69, 9.17) is 5.11 Å². The minimum atomic E-state index is -0.470. The molecule has 108 valence electrons. The topological polar surface area (TPSA) is 92.5 Å². The highest BCUT2D eigenvalue weighted by Gasteiger charge is 2.41. The van der Waals surface area contributed by atoms with Crippen LogP contribution in [0.2, 0.25) is 0 Å². The highest BCUT2D eigenvalue weighted by atomic mass is 16.6. The Hall–Kier alpha value is -1.95. The average molecular weight is 278 g/mol. The van der Waals surface area contributed by atoms with E-state index in [-0.39, 0.29) is 30.0 Å². The van der Waals surface area contributed by atoms with Gasteiger partial charge in [0.15, 0.2) is 0 Å². The van der Waals surface area contributed by atoms with Crippen molar-refractivity contribution in [1.82, 2.24) is 5.32 Å². The molecule has 0 atom stereocenters. The lowest BCUT2D eigenvalue weighted by Gasteiger charge is -2.14. The predicted octanol–water partition coefficient (Wildman–Crippen LogP) is 1.42. The molecule has 0 heterocycles. The standard InChI is InChI=1S/C14H18N2O4/c17-7-6-14(4-5-14)10-15-13(18)9-11-2-1-3-12(8-11)16(19)20/h1-3,8,17H,4-7,9-10H2,(H,15,18). The van der Waals surface area contributed by atoms with Crippen LogP contribution < -0.4 is 5.32 Å². The first kappa shape index (κ1) is 14.5. The van der Waals surface area contributed by atoms with Crippen LogP contribution in [0.5, 0.6) is 0 Å². The van der Waals surface area contributed by atoms with Gasteiger partial charge in [-0.25, -0.2) is 0 Å². The molecule has 1 fully saturated rings. The Bertz CT molecular complexity index is 512. The average Bonchev–Trinajstić information content (AvgIpc) is 3.17. The maximum Gasteiger partial charge on any atom is 0.269 e. The van der Waals surface area contributed by atoms with Gasteiger partial charge in [0, 0.05) is 25.3 Å². The normalized spacial score (nSPS) is 15.7. The second-order valence-corrected chi connectivity index (χ2v) is 5.35. The second-order valence-electron chi connectivity index (χ2n) is 5.35. The molecule has 0 aromatic heterocycles. The third-order valence-corrected chi connectivity index (χ3v) is 3.75. The number of nitrogens with one attached hydrogen (secondary N) is 1. The number of aliphatic hydroxyl groups is 1. The van der Waals surface area contributed by atoms with Gasteiger partial charge in [-0.15, -0.1) is 0 Å². The summed E-state index contributed by atoms with van der Waals surface area (Å²) in [4.78, 5) is 22.0. The van der Waals surface area contributed by atoms with Gasteiger partial charge in [-0.1, -0.05) is 12.1 Å². The summed E-state index contributed by atoms with van der Waals surface area (Å²) in [5, 5.41) is 22.5. The number of hydrogen-bond acceptors (Lipinski definition) is 4. The van der Waals surface area contributed by atoms with Gasteiger partial charge < -0.3 is 10.4 Å². The lowest BCUT2D eigenvalue weighted by molar-refractivity contribution is -0.384. The Balaban J connectivity index is 1.85. The van der Waals surface area contributed by atoms with Gasteiger partial charge >= 0.3 is 0 Å². The summed E-state index contributed by atoms with van der Waals surface area (Å²) in [6, 6.07) is 6.10. The molecule has 0 radical (unpaired) electrons. The third-order valence-electron chi connectivity index (χ3n) is 3.75. The van der Waals surface area contributed by atoms with Crippen LogP contribution in [0.3, 0.4) is 0 Å². The molecule has 1 aliphatic rings. The molecule has 0 aliphatic heterocycles. The Labute approximate surface area is 117 Å². The van der Waals surface area contributed by atoms with Gasteiger partial charge in [0.05, 0.1) is 11.3 Å². The van der Waals surface area contributed by atoms with Crippen LogP contribution in [0, 0.1) is 15.5 Å². The van der Waals surface area contributed by atoms with Crippen molar-refractivity contribution in [1.29, 1.82) is 0 Å². The number of nitro benzene ring substituents is 1. The molecule has 2 N–H and O–H groups in total. The van der Waals surface area contributed by atoms with Crippen molar-refractivity contribution in [3.63, 3.8) is 0 Å². The fraction of sp³-hybridized carbons (Fsp3) is 0.500. The van der Waals surface area contributed by atoms with Crippen LogP contribution in [-0.2, 0) is 11.2 Å². The summed E-state index contributed by atoms with van der Waals surface area (Å²) in [5.74, 6) is -0.144. The van der Waals surface area contributed by atoms with Gasteiger partial charge in [-0.3, -0.25) is 14.9 Å². The van der Waals surface area contributed by atoms with Crippen molar-refractivity contribution in [2.75, 3.05) is 13.2 Å². The van der Waals surface area contributed by atoms with Crippen LogP contribution >= 0.6 is 0 Å². The molecule has 6 heteroatoms. The van der Waals surface area contributed by atoms with E-state index in [9.17, 15) is 14.9 Å². The van der Waals surface area contributed by atoms with E-state index in [0.29, 0.717) is 18.5 Å². The zero-order valence-corrected chi connectivity index (χ0v) is 11.2. The highest BCUT2D eigenvalue weighted by molar-refractivity contribution is 5.78. The van der Waals surface area contributed by atoms with Crippen molar-refractivity contribution >= 4 is 11.6 Å². The van der Waals surface area contributed by atoms with Gasteiger partial charge in [0.2, 0.25) is 5.91 Å². The molecular formula is C14H18N2O4. The Morgan fingerprint density at radius 3 is 2.80 bits per heavy atom. The Morgan fingerprint density at radius 2 is 2.20 bits per heavy atom. The first-order valence-electron chi connectivity index (χ1n) is 6.66. The minimum Gasteiger partial charge on any atom is -0.396 e. The molecule has 1 amide bonds. The lowest BCUT2D eigenvalue weighted by atomic mass is 10.0. The van der Waals surface area contributed by atoms with Crippen LogP contribution in [0.25, 0.3) is 0 Å². The van der Waals surface area contributed by atoms with Crippen molar-refractivity contribution in [3.8, 4) is 0 Å². The summed E-state index contributed by atoms with van der Waals surface area (Å²) in [6.45, 7) is 0.710. The Morgan fingerprint density at radius 1 is 1.45 bits per heavy atom. The van der Waals surface area contributed by atoms with Gasteiger partial charge in [-0.2, -0.15) is 0 Å². The van der Waals surface area contributed by atoms with E-state index in [1.54, 1.807) is 12.1 Å². The second kappa shape index (κ2) is 6.00. The molecule has 0 saturated heterocycles. The zero-order valence-electron chi connectivity index (χ0n) is 11.2. The van der Waals surface area contributed by atoms with Crippen LogP contribution in [-0.4, -0.2) is 29.1 Å². The molecular weight excluding hydrogens is 260 g/mol. The van der Waals surface area contributed by atoms with Crippen molar-refractivity contribution in [3.05, 3.63) is 39.9 Å². The smallest absolute Gasteiger partial charge is 0.269 e. The van der Waals surface area contributed by atoms with E-state index in [0.717, 1.165) is 12.8 Å². The molecule has 2 rings (SSSR count). The first-order valence-corrected chi connectivity index (χ1v) is 6.66. The molecule has 1 aliphatic carbocycles. The number of hydrogen-bond donors (Lipinski definition) is 2. The quantitative estimate of drug-likeness (QED) is 0.582. The summed E-state index contributed by atoms with van der Waals surface area (Å²) in [5.41, 5.74) is 0.700. The number of carbonyl (C=O) groups is 1. The van der Waals surface area contributed by atoms with Gasteiger partial charge in [0.25, 0.3) is 5.69 Å². The summed E-state index contributed by atoms with van der Waals surface area (Å²) in [7, 11) is 0. The largest absolute Gasteiger partial charge is 0.396 e. The first-order chi connectivity index (χ1) is 9.54. The molecule has 1 saturated carbocycles. The number of rotatable bonds is 7. The Kier molecular flexibility index (Phi) is 4.34. The van der Waals surface area contributed by atoms with Crippen molar-refractivity contribution < 1.29 is 14.8 Å². The van der Waals surface area contributed by atoms with E-state index >= 15 is 0 Å². The zero-order chi connectivity index (χ0) is 14.6. The number of aliphatic hydroxyl groups excluding tert-OH is 1. The summed E-state index contributed by atoms with van der Waals surface area (Å²) >= 11 is 0. The van der Waals surface area contributed by atoms with Crippen molar-refractivity contribution in [2.24, 2.45) is 5.41 Å². The SMILES string of the molecule is O=C(Cc1cccc([N+](=O)[O-])c1)NCC1(CCO)CC1.